The quantitative estimate of drug-likeness (QED) is 0.415. The fourth-order valence-electron chi connectivity index (χ4n) is 3.90. The SMILES string of the molecule is CCCc1ccc(C2=CCc3c(cc(F)c(-c4ccc(F)c(F)c4)c3F)C2)cc1. The summed E-state index contributed by atoms with van der Waals surface area (Å²) in [6.45, 7) is 2.13. The largest absolute Gasteiger partial charge is 0.206 e. The van der Waals surface area contributed by atoms with Gasteiger partial charge in [0.1, 0.15) is 11.6 Å². The van der Waals surface area contributed by atoms with E-state index in [-0.39, 0.29) is 11.1 Å². The molecule has 0 saturated heterocycles. The Morgan fingerprint density at radius 1 is 0.793 bits per heavy atom. The smallest absolute Gasteiger partial charge is 0.159 e. The molecule has 4 heteroatoms. The molecule has 0 aromatic heterocycles. The molecule has 0 unspecified atom stereocenters. The minimum absolute atomic E-state index is 0.0111. The van der Waals surface area contributed by atoms with Crippen molar-refractivity contribution in [1.82, 2.24) is 0 Å². The molecule has 1 aliphatic rings. The van der Waals surface area contributed by atoms with Crippen LogP contribution < -0.4 is 0 Å². The maximum absolute atomic E-state index is 15.1. The van der Waals surface area contributed by atoms with Crippen molar-refractivity contribution in [3.8, 4) is 11.1 Å². The van der Waals surface area contributed by atoms with Gasteiger partial charge in [0.2, 0.25) is 0 Å². The summed E-state index contributed by atoms with van der Waals surface area (Å²) in [5, 5.41) is 0. The highest BCUT2D eigenvalue weighted by Crippen LogP contribution is 2.36. The zero-order valence-corrected chi connectivity index (χ0v) is 16.0. The normalized spacial score (nSPS) is 13.2. The molecule has 29 heavy (non-hydrogen) atoms. The average molecular weight is 396 g/mol. The molecule has 0 radical (unpaired) electrons. The van der Waals surface area contributed by atoms with Gasteiger partial charge < -0.3 is 0 Å². The number of rotatable bonds is 4. The highest BCUT2D eigenvalue weighted by molar-refractivity contribution is 5.73. The van der Waals surface area contributed by atoms with Crippen molar-refractivity contribution in [2.24, 2.45) is 0 Å². The Morgan fingerprint density at radius 3 is 2.21 bits per heavy atom. The standard InChI is InChI=1S/C25H20F4/c1-2-3-15-4-6-16(7-5-15)17-8-10-20-19(12-17)14-23(28)24(25(20)29)18-9-11-21(26)22(27)13-18/h4-9,11,13-14H,2-3,10,12H2,1H3. The Labute approximate surface area is 167 Å². The first-order valence-electron chi connectivity index (χ1n) is 9.71. The first kappa shape index (κ1) is 19.4. The molecule has 0 aliphatic heterocycles. The zero-order chi connectivity index (χ0) is 20.5. The van der Waals surface area contributed by atoms with E-state index >= 15 is 4.39 Å². The number of hydrogen-bond acceptors (Lipinski definition) is 0. The number of allylic oxidation sites excluding steroid dienone is 2. The van der Waals surface area contributed by atoms with Crippen LogP contribution in [0.1, 0.15) is 35.6 Å². The lowest BCUT2D eigenvalue weighted by molar-refractivity contribution is 0.508. The van der Waals surface area contributed by atoms with E-state index in [1.54, 1.807) is 0 Å². The maximum atomic E-state index is 15.1. The van der Waals surface area contributed by atoms with Crippen LogP contribution in [0.2, 0.25) is 0 Å². The van der Waals surface area contributed by atoms with Crippen molar-refractivity contribution < 1.29 is 17.6 Å². The van der Waals surface area contributed by atoms with Crippen LogP contribution in [0.15, 0.2) is 54.6 Å². The molecular weight excluding hydrogens is 376 g/mol. The molecule has 148 valence electrons. The first-order valence-corrected chi connectivity index (χ1v) is 9.71. The highest BCUT2D eigenvalue weighted by atomic mass is 19.2. The van der Waals surface area contributed by atoms with Gasteiger partial charge in [0, 0.05) is 0 Å². The third kappa shape index (κ3) is 3.71. The maximum Gasteiger partial charge on any atom is 0.159 e. The van der Waals surface area contributed by atoms with Crippen LogP contribution in [0, 0.1) is 23.3 Å². The second-order valence-electron chi connectivity index (χ2n) is 7.37. The van der Waals surface area contributed by atoms with Gasteiger partial charge in [-0.25, -0.2) is 17.6 Å². The molecule has 1 aliphatic carbocycles. The molecule has 0 saturated carbocycles. The Hall–Kier alpha value is -2.88. The molecule has 0 spiro atoms. The zero-order valence-electron chi connectivity index (χ0n) is 16.0. The molecule has 0 fully saturated rings. The number of hydrogen-bond donors (Lipinski definition) is 0. The van der Waals surface area contributed by atoms with Gasteiger partial charge in [-0.2, -0.15) is 0 Å². The third-order valence-electron chi connectivity index (χ3n) is 5.42. The summed E-state index contributed by atoms with van der Waals surface area (Å²) in [4.78, 5) is 0. The second kappa shape index (κ2) is 7.86. The molecule has 0 atom stereocenters. The Morgan fingerprint density at radius 2 is 1.52 bits per heavy atom. The third-order valence-corrected chi connectivity index (χ3v) is 5.42. The summed E-state index contributed by atoms with van der Waals surface area (Å²) in [5.41, 5.74) is 3.99. The van der Waals surface area contributed by atoms with Crippen LogP contribution >= 0.6 is 0 Å². The molecule has 4 rings (SSSR count). The lowest BCUT2D eigenvalue weighted by Crippen LogP contribution is -2.08. The number of aryl methyl sites for hydroxylation is 1. The molecule has 3 aromatic rings. The van der Waals surface area contributed by atoms with Crippen LogP contribution in [0.25, 0.3) is 16.7 Å². The van der Waals surface area contributed by atoms with E-state index in [1.165, 1.54) is 17.7 Å². The van der Waals surface area contributed by atoms with Crippen molar-refractivity contribution in [2.45, 2.75) is 32.6 Å². The first-order chi connectivity index (χ1) is 14.0. The van der Waals surface area contributed by atoms with Crippen molar-refractivity contribution in [1.29, 1.82) is 0 Å². The van der Waals surface area contributed by atoms with Crippen LogP contribution in [-0.4, -0.2) is 0 Å². The lowest BCUT2D eigenvalue weighted by atomic mass is 9.85. The van der Waals surface area contributed by atoms with Gasteiger partial charge in [0.15, 0.2) is 11.6 Å². The van der Waals surface area contributed by atoms with Crippen molar-refractivity contribution in [3.63, 3.8) is 0 Å². The predicted molar refractivity (Wildman–Crippen MR) is 108 cm³/mol. The van der Waals surface area contributed by atoms with Crippen molar-refractivity contribution in [2.75, 3.05) is 0 Å². The van der Waals surface area contributed by atoms with E-state index in [9.17, 15) is 13.2 Å². The van der Waals surface area contributed by atoms with Gasteiger partial charge in [0.05, 0.1) is 5.56 Å². The molecule has 0 N–H and O–H groups in total. The predicted octanol–water partition coefficient (Wildman–Crippen LogP) is 7.04. The van der Waals surface area contributed by atoms with E-state index in [4.69, 9.17) is 0 Å². The molecule has 3 aromatic carbocycles. The number of fused-ring (bicyclic) bond motifs is 1. The van der Waals surface area contributed by atoms with Crippen LogP contribution in [0.3, 0.4) is 0 Å². The van der Waals surface area contributed by atoms with Crippen LogP contribution in [-0.2, 0) is 19.3 Å². The van der Waals surface area contributed by atoms with Gasteiger partial charge in [-0.15, -0.1) is 0 Å². The van der Waals surface area contributed by atoms with Gasteiger partial charge in [0.25, 0.3) is 0 Å². The summed E-state index contributed by atoms with van der Waals surface area (Å²) >= 11 is 0. The van der Waals surface area contributed by atoms with E-state index < -0.39 is 23.3 Å². The van der Waals surface area contributed by atoms with Crippen LogP contribution in [0.5, 0.6) is 0 Å². The van der Waals surface area contributed by atoms with Gasteiger partial charge >= 0.3 is 0 Å². The van der Waals surface area contributed by atoms with E-state index in [2.05, 4.69) is 19.1 Å². The molecule has 0 heterocycles. The van der Waals surface area contributed by atoms with Gasteiger partial charge in [-0.3, -0.25) is 0 Å². The molecule has 0 nitrogen and oxygen atoms in total. The van der Waals surface area contributed by atoms with Crippen LogP contribution in [0.4, 0.5) is 17.6 Å². The summed E-state index contributed by atoms with van der Waals surface area (Å²) in [7, 11) is 0. The average Bonchev–Trinajstić information content (AvgIpc) is 2.71. The monoisotopic (exact) mass is 396 g/mol. The summed E-state index contributed by atoms with van der Waals surface area (Å²) in [5.74, 6) is -3.66. The topological polar surface area (TPSA) is 0 Å². The molecule has 0 bridgehead atoms. The van der Waals surface area contributed by atoms with E-state index in [0.717, 1.165) is 36.1 Å². The number of halogens is 4. The Balaban J connectivity index is 1.68. The fraction of sp³-hybridized carbons (Fsp3) is 0.200. The molecular formula is C25H20F4. The second-order valence-corrected chi connectivity index (χ2v) is 7.37. The Kier molecular flexibility index (Phi) is 5.27. The number of benzene rings is 3. The lowest BCUT2D eigenvalue weighted by Gasteiger charge is -2.20. The van der Waals surface area contributed by atoms with Crippen molar-refractivity contribution >= 4 is 5.57 Å². The van der Waals surface area contributed by atoms with Gasteiger partial charge in [-0.05, 0) is 70.9 Å². The summed E-state index contributed by atoms with van der Waals surface area (Å²) < 4.78 is 56.6. The van der Waals surface area contributed by atoms with E-state index in [0.29, 0.717) is 24.0 Å². The molecule has 0 amide bonds. The Bertz CT molecular complexity index is 1090. The fourth-order valence-corrected chi connectivity index (χ4v) is 3.90. The van der Waals surface area contributed by atoms with Gasteiger partial charge in [-0.1, -0.05) is 49.8 Å². The minimum atomic E-state index is -1.13. The van der Waals surface area contributed by atoms with Crippen molar-refractivity contribution in [3.05, 3.63) is 100 Å². The van der Waals surface area contributed by atoms with E-state index in [1.807, 2.05) is 18.2 Å². The minimum Gasteiger partial charge on any atom is -0.206 e. The summed E-state index contributed by atoms with van der Waals surface area (Å²) in [6, 6.07) is 12.5. The highest BCUT2D eigenvalue weighted by Gasteiger charge is 2.23. The summed E-state index contributed by atoms with van der Waals surface area (Å²) in [6.07, 6.45) is 4.80.